The SMILES string of the molecule is NC(=O)NCCCCC(=O)Nc1ccc(COC(=O)NCC2OB(O)c3cc(Nc4ncc5cccc(O[C@H]6CC[C@@H](O)CC6)c5n4)ccc32)cc1. The number of anilines is 3. The molecule has 0 saturated heterocycles. The molecule has 0 bridgehead atoms. The molecule has 1 aliphatic carbocycles. The lowest BCUT2D eigenvalue weighted by molar-refractivity contribution is -0.116. The minimum Gasteiger partial charge on any atom is -0.488 e. The van der Waals surface area contributed by atoms with Crippen LogP contribution in [0.4, 0.5) is 26.9 Å². The average Bonchev–Trinajstić information content (AvgIpc) is 3.45. The van der Waals surface area contributed by atoms with Gasteiger partial charge in [-0.25, -0.2) is 19.6 Å². The number of primary amides is 1. The molecule has 8 N–H and O–H groups in total. The van der Waals surface area contributed by atoms with Crippen molar-refractivity contribution >= 4 is 58.8 Å². The molecule has 1 saturated carbocycles. The van der Waals surface area contributed by atoms with Crippen molar-refractivity contribution in [1.29, 1.82) is 0 Å². The summed E-state index contributed by atoms with van der Waals surface area (Å²) >= 11 is 0. The molecule has 2 aliphatic rings. The molecule has 0 radical (unpaired) electrons. The van der Waals surface area contributed by atoms with Crippen molar-refractivity contribution in [3.8, 4) is 5.75 Å². The highest BCUT2D eigenvalue weighted by molar-refractivity contribution is 6.62. The summed E-state index contributed by atoms with van der Waals surface area (Å²) in [5.41, 5.74) is 8.97. The first-order valence-electron chi connectivity index (χ1n) is 17.4. The van der Waals surface area contributed by atoms with Gasteiger partial charge in [0.2, 0.25) is 11.9 Å². The largest absolute Gasteiger partial charge is 0.492 e. The summed E-state index contributed by atoms with van der Waals surface area (Å²) in [6.45, 7) is 0.515. The Kier molecular flexibility index (Phi) is 12.0. The number of aliphatic hydroxyl groups excluding tert-OH is 1. The first-order valence-corrected chi connectivity index (χ1v) is 17.4. The number of amides is 4. The third-order valence-corrected chi connectivity index (χ3v) is 8.93. The fraction of sp³-hybridized carbons (Fsp3) is 0.361. The zero-order valence-electron chi connectivity index (χ0n) is 28.5. The standard InChI is InChI=1S/C36H42BN7O8/c38-34(47)39-17-2-1-6-32(46)42-24-9-7-22(8-10-24)21-50-36(48)41-20-31-28-16-11-25(18-29(28)37(49)52-31)43-35-40-19-23-4-3-5-30(33(23)44-35)51-27-14-12-26(45)13-15-27/h3-5,7-11,16,18-19,26-27,31,45,49H,1-2,6,12-15,17,20-21H2,(H,41,48)(H,42,46)(H3,38,39,47)(H,40,43,44)/t26-,27+,31?. The van der Waals surface area contributed by atoms with Gasteiger partial charge in [-0.3, -0.25) is 4.79 Å². The fourth-order valence-corrected chi connectivity index (χ4v) is 6.18. The minimum absolute atomic E-state index is 0.0157. The Hall–Kier alpha value is -5.45. The number of carbonyl (C=O) groups excluding carboxylic acids is 3. The number of benzene rings is 3. The van der Waals surface area contributed by atoms with Gasteiger partial charge < -0.3 is 51.3 Å². The van der Waals surface area contributed by atoms with Crippen molar-refractivity contribution < 1.29 is 38.6 Å². The van der Waals surface area contributed by atoms with Gasteiger partial charge in [-0.2, -0.15) is 0 Å². The quantitative estimate of drug-likeness (QED) is 0.0741. The number of unbranched alkanes of at least 4 members (excludes halogenated alkanes) is 1. The Labute approximate surface area is 300 Å². The van der Waals surface area contributed by atoms with Crippen LogP contribution in [0.25, 0.3) is 10.9 Å². The van der Waals surface area contributed by atoms with E-state index in [2.05, 4.69) is 26.3 Å². The van der Waals surface area contributed by atoms with Crippen LogP contribution >= 0.6 is 0 Å². The summed E-state index contributed by atoms with van der Waals surface area (Å²) in [5.74, 6) is 0.878. The second-order valence-electron chi connectivity index (χ2n) is 12.8. The van der Waals surface area contributed by atoms with Gasteiger partial charge in [-0.15, -0.1) is 0 Å². The summed E-state index contributed by atoms with van der Waals surface area (Å²) in [4.78, 5) is 44.5. The van der Waals surface area contributed by atoms with Crippen LogP contribution in [0.15, 0.2) is 66.9 Å². The number of alkyl carbamates (subject to hydrolysis) is 1. The van der Waals surface area contributed by atoms with Crippen molar-refractivity contribution in [2.24, 2.45) is 5.73 Å². The van der Waals surface area contributed by atoms with E-state index < -0.39 is 25.3 Å². The second-order valence-corrected chi connectivity index (χ2v) is 12.8. The summed E-state index contributed by atoms with van der Waals surface area (Å²) in [6, 6.07) is 17.5. The molecule has 1 fully saturated rings. The normalized spacial score (nSPS) is 18.0. The van der Waals surface area contributed by atoms with Crippen LogP contribution in [-0.4, -0.2) is 70.5 Å². The van der Waals surface area contributed by atoms with Gasteiger partial charge in [0, 0.05) is 42.5 Å². The predicted octanol–water partition coefficient (Wildman–Crippen LogP) is 3.52. The monoisotopic (exact) mass is 711 g/mol. The van der Waals surface area contributed by atoms with E-state index in [9.17, 15) is 24.5 Å². The van der Waals surface area contributed by atoms with Gasteiger partial charge in [-0.1, -0.05) is 30.3 Å². The van der Waals surface area contributed by atoms with E-state index in [0.717, 1.165) is 42.2 Å². The summed E-state index contributed by atoms with van der Waals surface area (Å²) in [6.07, 6.45) is 4.80. The molecule has 1 aliphatic heterocycles. The zero-order chi connectivity index (χ0) is 36.5. The molecule has 0 spiro atoms. The summed E-state index contributed by atoms with van der Waals surface area (Å²) < 4.78 is 17.4. The number of hydrogen-bond donors (Lipinski definition) is 7. The molecule has 1 atom stereocenters. The lowest BCUT2D eigenvalue weighted by atomic mass is 9.79. The van der Waals surface area contributed by atoms with E-state index in [1.54, 1.807) is 36.5 Å². The van der Waals surface area contributed by atoms with Gasteiger partial charge in [0.25, 0.3) is 0 Å². The molecular weight excluding hydrogens is 669 g/mol. The van der Waals surface area contributed by atoms with E-state index in [4.69, 9.17) is 24.8 Å². The second kappa shape index (κ2) is 17.2. The van der Waals surface area contributed by atoms with Crippen LogP contribution in [0.1, 0.15) is 62.2 Å². The van der Waals surface area contributed by atoms with Gasteiger partial charge in [-0.05, 0) is 85.4 Å². The van der Waals surface area contributed by atoms with Crippen molar-refractivity contribution in [2.45, 2.75) is 69.9 Å². The molecule has 6 rings (SSSR count). The lowest BCUT2D eigenvalue weighted by Gasteiger charge is -2.26. The Bertz CT molecular complexity index is 1870. The Morgan fingerprint density at radius 1 is 0.981 bits per heavy atom. The maximum atomic E-state index is 12.5. The third-order valence-electron chi connectivity index (χ3n) is 8.93. The van der Waals surface area contributed by atoms with E-state index in [-0.39, 0.29) is 31.3 Å². The van der Waals surface area contributed by atoms with Crippen LogP contribution in [0.2, 0.25) is 0 Å². The van der Waals surface area contributed by atoms with Crippen molar-refractivity contribution in [1.82, 2.24) is 20.6 Å². The Morgan fingerprint density at radius 3 is 2.56 bits per heavy atom. The number of carbonyl (C=O) groups is 3. The minimum atomic E-state index is -1.19. The molecule has 272 valence electrons. The molecule has 15 nitrogen and oxygen atoms in total. The first kappa shape index (κ1) is 36.3. The van der Waals surface area contributed by atoms with Gasteiger partial charge in [0.05, 0.1) is 18.3 Å². The average molecular weight is 712 g/mol. The molecule has 2 heterocycles. The molecule has 52 heavy (non-hydrogen) atoms. The predicted molar refractivity (Wildman–Crippen MR) is 194 cm³/mol. The van der Waals surface area contributed by atoms with Crippen molar-refractivity contribution in [2.75, 3.05) is 23.7 Å². The van der Waals surface area contributed by atoms with Crippen LogP contribution in [0.5, 0.6) is 5.75 Å². The zero-order valence-corrected chi connectivity index (χ0v) is 28.5. The van der Waals surface area contributed by atoms with Gasteiger partial charge in [0.15, 0.2) is 0 Å². The highest BCUT2D eigenvalue weighted by Crippen LogP contribution is 2.30. The molecule has 4 amide bonds. The summed E-state index contributed by atoms with van der Waals surface area (Å²) in [5, 5.41) is 32.5. The summed E-state index contributed by atoms with van der Waals surface area (Å²) in [7, 11) is -1.19. The van der Waals surface area contributed by atoms with Crippen LogP contribution < -0.4 is 37.2 Å². The first-order chi connectivity index (χ1) is 25.2. The Balaban J connectivity index is 0.968. The Morgan fingerprint density at radius 2 is 1.77 bits per heavy atom. The van der Waals surface area contributed by atoms with Crippen LogP contribution in [-0.2, 0) is 20.8 Å². The molecule has 1 aromatic heterocycles. The van der Waals surface area contributed by atoms with Crippen molar-refractivity contribution in [3.05, 3.63) is 78.0 Å². The van der Waals surface area contributed by atoms with E-state index in [1.807, 2.05) is 30.3 Å². The van der Waals surface area contributed by atoms with Crippen LogP contribution in [0.3, 0.4) is 0 Å². The van der Waals surface area contributed by atoms with Gasteiger partial charge >= 0.3 is 19.2 Å². The number of aliphatic hydroxyl groups is 1. The number of nitrogens with zero attached hydrogens (tertiary/aromatic N) is 2. The molecular formula is C36H42BN7O8. The van der Waals surface area contributed by atoms with E-state index in [0.29, 0.717) is 59.9 Å². The fourth-order valence-electron chi connectivity index (χ4n) is 6.18. The number of aromatic nitrogens is 2. The molecule has 16 heteroatoms. The highest BCUT2D eigenvalue weighted by Gasteiger charge is 2.35. The topological polar surface area (TPSA) is 219 Å². The number of ether oxygens (including phenoxy) is 2. The highest BCUT2D eigenvalue weighted by atomic mass is 16.6. The van der Waals surface area contributed by atoms with Gasteiger partial charge in [0.1, 0.15) is 17.9 Å². The number of fused-ring (bicyclic) bond motifs is 2. The lowest BCUT2D eigenvalue weighted by Crippen LogP contribution is -2.30. The number of hydrogen-bond acceptors (Lipinski definition) is 11. The maximum Gasteiger partial charge on any atom is 0.492 e. The number of para-hydroxylation sites is 1. The van der Waals surface area contributed by atoms with E-state index in [1.165, 1.54) is 0 Å². The number of nitrogens with two attached hydrogens (primary N) is 1. The molecule has 4 aromatic rings. The molecule has 3 aromatic carbocycles. The van der Waals surface area contributed by atoms with E-state index >= 15 is 0 Å². The number of nitrogens with one attached hydrogen (secondary N) is 4. The van der Waals surface area contributed by atoms with Crippen LogP contribution in [0, 0.1) is 0 Å². The van der Waals surface area contributed by atoms with Crippen molar-refractivity contribution in [3.63, 3.8) is 0 Å². The maximum absolute atomic E-state index is 12.5. The number of rotatable bonds is 14. The third kappa shape index (κ3) is 9.87. The molecule has 1 unspecified atom stereocenters. The smallest absolute Gasteiger partial charge is 0.488 e. The number of urea groups is 1.